The van der Waals surface area contributed by atoms with Gasteiger partial charge < -0.3 is 14.0 Å². The number of benzene rings is 7. The number of fused-ring (bicyclic) bond motifs is 7. The van der Waals surface area contributed by atoms with Crippen LogP contribution in [0, 0.1) is 19.0 Å². The Morgan fingerprint density at radius 2 is 1.39 bits per heavy atom. The van der Waals surface area contributed by atoms with Gasteiger partial charge in [-0.25, -0.2) is 0 Å². The maximum Gasteiger partial charge on any atom is 0.121 e. The molecule has 10 rings (SSSR count). The summed E-state index contributed by atoms with van der Waals surface area (Å²) >= 11 is 0. The maximum atomic E-state index is 9.20. The zero-order valence-electron chi connectivity index (χ0n) is 43.9. The Morgan fingerprint density at radius 1 is 0.682 bits per heavy atom. The van der Waals surface area contributed by atoms with Gasteiger partial charge in [-0.1, -0.05) is 172 Å². The van der Waals surface area contributed by atoms with Crippen molar-refractivity contribution in [2.75, 3.05) is 0 Å². The summed E-state index contributed by atoms with van der Waals surface area (Å²) in [5.74, 6) is 0.939. The van der Waals surface area contributed by atoms with Crippen molar-refractivity contribution in [1.29, 1.82) is 0 Å². The molecule has 0 bridgehead atoms. The molecule has 0 atom stereocenters. The van der Waals surface area contributed by atoms with E-state index in [4.69, 9.17) is 13.5 Å². The maximum absolute atomic E-state index is 9.20. The third-order valence-electron chi connectivity index (χ3n) is 12.8. The molecule has 0 aliphatic carbocycles. The van der Waals surface area contributed by atoms with Crippen LogP contribution in [0.5, 0.6) is 0 Å². The van der Waals surface area contributed by atoms with Crippen LogP contribution in [0.15, 0.2) is 132 Å². The average molecular weight is 1060 g/mol. The number of para-hydroxylation sites is 2. The third-order valence-corrected chi connectivity index (χ3v) is 14.8. The van der Waals surface area contributed by atoms with Crippen molar-refractivity contribution in [2.45, 2.75) is 106 Å². The second-order valence-electron chi connectivity index (χ2n) is 19.7. The van der Waals surface area contributed by atoms with Gasteiger partial charge in [0, 0.05) is 42.9 Å². The van der Waals surface area contributed by atoms with Gasteiger partial charge in [0.2, 0.25) is 0 Å². The number of aromatic nitrogens is 3. The van der Waals surface area contributed by atoms with Crippen molar-refractivity contribution < 1.29 is 30.0 Å². The first-order valence-electron chi connectivity index (χ1n) is 25.0. The Labute approximate surface area is 411 Å². The van der Waals surface area contributed by atoms with Crippen LogP contribution in [0.25, 0.3) is 82.8 Å². The summed E-state index contributed by atoms with van der Waals surface area (Å²) in [5.41, 5.74) is 12.3. The Bertz CT molecular complexity index is 3450. The van der Waals surface area contributed by atoms with Crippen molar-refractivity contribution in [3.8, 4) is 28.3 Å². The molecule has 0 amide bonds. The summed E-state index contributed by atoms with van der Waals surface area (Å²) in [5, 5.41) is 7.98. The van der Waals surface area contributed by atoms with Gasteiger partial charge in [0.05, 0.1) is 30.5 Å². The SMILES string of the molecule is [2H]C(C)(C)c1c[c-]c(-c2nc3ccccc3n2-c2c(C(C)C)cc(C(C)C)cc2C(C)C)c2oc3cc4c(ccc5ccccc54)cc3c12.[2H]C([2H])([2H])c1c[c-]c(-c2ccc([Si](C)(C)C)cn2)cc1.[Ir]. The number of aryl methyl sites for hydroxylation is 1. The summed E-state index contributed by atoms with van der Waals surface area (Å²) in [6.45, 7) is 22.3. The second kappa shape index (κ2) is 18.6. The van der Waals surface area contributed by atoms with Gasteiger partial charge in [-0.05, 0) is 91.1 Å². The van der Waals surface area contributed by atoms with E-state index in [1.807, 2.05) is 32.2 Å². The fourth-order valence-electron chi connectivity index (χ4n) is 9.06. The van der Waals surface area contributed by atoms with E-state index in [0.29, 0.717) is 23.3 Å². The van der Waals surface area contributed by atoms with Crippen LogP contribution in [0.2, 0.25) is 19.6 Å². The standard InChI is InChI=1S/C45H43N2O.C15H18NSi.Ir/c1-25(2)31-22-35(27(5)6)43(36(23-31)28(7)8)47-40-16-12-11-15-39(40)46-45(47)34-20-19-32(26(3)4)42-38-21-30-18-17-29-13-9-10-14-33(29)37(30)24-41(38)48-44(34)42;1-12-5-7-13(8-6-12)15-10-9-14(11-16-15)17(2,3)4;/h9-19,21-28H,1-8H3;5-7,9-11H,1-4H3;/q2*-1;/i26D;1D3;. The third kappa shape index (κ3) is 8.72. The van der Waals surface area contributed by atoms with Gasteiger partial charge in [0.1, 0.15) is 5.58 Å². The van der Waals surface area contributed by atoms with Crippen LogP contribution in [0.3, 0.4) is 0 Å². The molecule has 6 heteroatoms. The van der Waals surface area contributed by atoms with Gasteiger partial charge in [-0.2, -0.15) is 0 Å². The van der Waals surface area contributed by atoms with Crippen molar-refractivity contribution in [2.24, 2.45) is 0 Å². The minimum Gasteiger partial charge on any atom is -0.501 e. The molecule has 3 aromatic heterocycles. The van der Waals surface area contributed by atoms with Crippen LogP contribution >= 0.6 is 0 Å². The van der Waals surface area contributed by atoms with Crippen LogP contribution in [0.4, 0.5) is 0 Å². The van der Waals surface area contributed by atoms with E-state index >= 15 is 0 Å². The Morgan fingerprint density at radius 3 is 2.03 bits per heavy atom. The fraction of sp³-hybridized carbons (Fsp3) is 0.267. The van der Waals surface area contributed by atoms with Crippen LogP contribution in [0.1, 0.15) is 112 Å². The topological polar surface area (TPSA) is 43.9 Å². The fourth-order valence-corrected chi connectivity index (χ4v) is 10.1. The van der Waals surface area contributed by atoms with Gasteiger partial charge in [-0.15, -0.1) is 53.1 Å². The van der Waals surface area contributed by atoms with E-state index in [9.17, 15) is 1.37 Å². The van der Waals surface area contributed by atoms with Gasteiger partial charge in [0.15, 0.2) is 0 Å². The normalized spacial score (nSPS) is 13.3. The summed E-state index contributed by atoms with van der Waals surface area (Å²) in [6, 6.07) is 48.2. The molecule has 0 unspecified atom stereocenters. The molecule has 4 nitrogen and oxygen atoms in total. The summed E-state index contributed by atoms with van der Waals surface area (Å²) < 4.78 is 40.6. The zero-order chi connectivity index (χ0) is 49.3. The van der Waals surface area contributed by atoms with Crippen molar-refractivity contribution >= 4 is 67.8 Å². The van der Waals surface area contributed by atoms with E-state index < -0.39 is 20.8 Å². The molecule has 10 aromatic rings. The molecule has 337 valence electrons. The molecule has 0 fully saturated rings. The average Bonchev–Trinajstić information content (AvgIpc) is 3.88. The molecule has 0 saturated heterocycles. The van der Waals surface area contributed by atoms with Crippen molar-refractivity contribution in [1.82, 2.24) is 14.5 Å². The molecule has 66 heavy (non-hydrogen) atoms. The number of nitrogens with zero attached hydrogens (tertiary/aromatic N) is 3. The minimum atomic E-state index is -2.08. The van der Waals surface area contributed by atoms with Crippen LogP contribution < -0.4 is 5.19 Å². The Balaban J connectivity index is 0.000000264. The van der Waals surface area contributed by atoms with Crippen molar-refractivity contribution in [3.63, 3.8) is 0 Å². The monoisotopic (exact) mass is 1060 g/mol. The quantitative estimate of drug-likeness (QED) is 0.0865. The van der Waals surface area contributed by atoms with Gasteiger partial charge in [0.25, 0.3) is 0 Å². The molecule has 0 N–H and O–H groups in total. The van der Waals surface area contributed by atoms with Crippen molar-refractivity contribution in [3.05, 3.63) is 167 Å². The predicted molar refractivity (Wildman–Crippen MR) is 280 cm³/mol. The first-order chi connectivity index (χ1) is 32.6. The zero-order valence-corrected chi connectivity index (χ0v) is 43.3. The van der Waals surface area contributed by atoms with E-state index in [0.717, 1.165) is 72.0 Å². The molecule has 0 spiro atoms. The molecule has 0 aliphatic rings. The number of imidazole rings is 1. The van der Waals surface area contributed by atoms with E-state index in [-0.39, 0.29) is 20.1 Å². The second-order valence-corrected chi connectivity index (χ2v) is 24.8. The molecule has 7 aromatic carbocycles. The van der Waals surface area contributed by atoms with E-state index in [2.05, 4.69) is 174 Å². The molecular weight excluding hydrogens is 999 g/mol. The molecule has 0 saturated carbocycles. The number of furan rings is 1. The molecule has 3 heterocycles. The van der Waals surface area contributed by atoms with Gasteiger partial charge in [-0.3, -0.25) is 4.98 Å². The number of hydrogen-bond acceptors (Lipinski definition) is 3. The van der Waals surface area contributed by atoms with Gasteiger partial charge >= 0.3 is 0 Å². The summed E-state index contributed by atoms with van der Waals surface area (Å²) in [4.78, 5) is 9.82. The first-order valence-corrected chi connectivity index (χ1v) is 26.5. The molecule has 1 radical (unpaired) electrons. The van der Waals surface area contributed by atoms with E-state index in [1.165, 1.54) is 44.4 Å². The smallest absolute Gasteiger partial charge is 0.121 e. The summed E-state index contributed by atoms with van der Waals surface area (Å²) in [7, 11) is -1.34. The molecule has 0 aliphatic heterocycles. The number of pyridine rings is 1. The summed E-state index contributed by atoms with van der Waals surface area (Å²) in [6.07, 6.45) is 1.92. The molecular formula is C60H61IrN3OSi-2. The number of hydrogen-bond donors (Lipinski definition) is 0. The minimum absolute atomic E-state index is 0. The first kappa shape index (κ1) is 41.8. The Hall–Kier alpha value is -5.65. The Kier molecular flexibility index (Phi) is 11.7. The van der Waals surface area contributed by atoms with Crippen LogP contribution in [-0.4, -0.2) is 22.6 Å². The number of rotatable bonds is 8. The largest absolute Gasteiger partial charge is 0.501 e. The predicted octanol–water partition coefficient (Wildman–Crippen LogP) is 16.6. The van der Waals surface area contributed by atoms with Crippen LogP contribution in [-0.2, 0) is 20.1 Å². The van der Waals surface area contributed by atoms with E-state index in [1.54, 1.807) is 12.1 Å².